The molecule has 0 bridgehead atoms. The average Bonchev–Trinajstić information content (AvgIpc) is 2.30. The van der Waals surface area contributed by atoms with E-state index in [0.717, 1.165) is 23.2 Å². The molecule has 2 heteroatoms. The van der Waals surface area contributed by atoms with Gasteiger partial charge < -0.3 is 10.5 Å². The first-order valence-electron chi connectivity index (χ1n) is 5.12. The smallest absolute Gasteiger partial charge is 0.142 e. The van der Waals surface area contributed by atoms with Crippen molar-refractivity contribution in [2.24, 2.45) is 0 Å². The Labute approximate surface area is 89.7 Å². The lowest BCUT2D eigenvalue weighted by Crippen LogP contribution is -1.96. The molecular weight excluding hydrogens is 186 g/mol. The Balaban J connectivity index is 2.84. The molecule has 2 aromatic rings. The van der Waals surface area contributed by atoms with Crippen molar-refractivity contribution in [3.8, 4) is 5.75 Å². The summed E-state index contributed by atoms with van der Waals surface area (Å²) in [5, 5.41) is 2.30. The van der Waals surface area contributed by atoms with Crippen molar-refractivity contribution in [3.05, 3.63) is 35.9 Å². The van der Waals surface area contributed by atoms with Gasteiger partial charge in [0.1, 0.15) is 5.75 Å². The summed E-state index contributed by atoms with van der Waals surface area (Å²) < 4.78 is 5.27. The number of nitrogen functional groups attached to an aromatic ring is 1. The third-order valence-electron chi connectivity index (χ3n) is 2.73. The van der Waals surface area contributed by atoms with Crippen LogP contribution in [0, 0.1) is 0 Å². The third kappa shape index (κ3) is 1.52. The summed E-state index contributed by atoms with van der Waals surface area (Å²) >= 11 is 0. The predicted molar refractivity (Wildman–Crippen MR) is 64.3 cm³/mol. The van der Waals surface area contributed by atoms with Gasteiger partial charge in [0, 0.05) is 5.39 Å². The lowest BCUT2D eigenvalue weighted by molar-refractivity contribution is 0.417. The maximum Gasteiger partial charge on any atom is 0.142 e. The second-order valence-corrected chi connectivity index (χ2v) is 3.55. The van der Waals surface area contributed by atoms with Crippen LogP contribution < -0.4 is 10.5 Å². The van der Waals surface area contributed by atoms with Crippen molar-refractivity contribution in [2.45, 2.75) is 13.3 Å². The van der Waals surface area contributed by atoms with Gasteiger partial charge in [-0.2, -0.15) is 0 Å². The molecule has 0 fully saturated rings. The normalized spacial score (nSPS) is 10.5. The summed E-state index contributed by atoms with van der Waals surface area (Å²) in [7, 11) is 1.65. The molecular formula is C13H15NO. The molecule has 0 aromatic heterocycles. The van der Waals surface area contributed by atoms with Gasteiger partial charge in [-0.15, -0.1) is 0 Å². The van der Waals surface area contributed by atoms with Crippen molar-refractivity contribution in [1.29, 1.82) is 0 Å². The highest BCUT2D eigenvalue weighted by molar-refractivity contribution is 5.98. The van der Waals surface area contributed by atoms with E-state index < -0.39 is 0 Å². The maximum absolute atomic E-state index is 6.03. The summed E-state index contributed by atoms with van der Waals surface area (Å²) in [4.78, 5) is 0. The van der Waals surface area contributed by atoms with E-state index in [1.54, 1.807) is 7.11 Å². The first-order valence-corrected chi connectivity index (χ1v) is 5.12. The highest BCUT2D eigenvalue weighted by atomic mass is 16.5. The highest BCUT2D eigenvalue weighted by Gasteiger charge is 2.08. The van der Waals surface area contributed by atoms with Crippen LogP contribution in [0.3, 0.4) is 0 Å². The summed E-state index contributed by atoms with van der Waals surface area (Å²) in [6, 6.07) is 10.2. The number of anilines is 1. The molecule has 78 valence electrons. The van der Waals surface area contributed by atoms with Crippen LogP contribution in [0.2, 0.25) is 0 Å². The molecule has 2 aromatic carbocycles. The SMILES string of the molecule is CCc1cc(OC)c(N)c2ccccc12. The Morgan fingerprint density at radius 1 is 1.20 bits per heavy atom. The fourth-order valence-electron chi connectivity index (χ4n) is 1.91. The molecule has 0 heterocycles. The summed E-state index contributed by atoms with van der Waals surface area (Å²) in [6.07, 6.45) is 0.983. The van der Waals surface area contributed by atoms with Crippen LogP contribution >= 0.6 is 0 Å². The van der Waals surface area contributed by atoms with Crippen LogP contribution in [0.15, 0.2) is 30.3 Å². The Morgan fingerprint density at radius 3 is 2.47 bits per heavy atom. The number of ether oxygens (including phenoxy) is 1. The minimum Gasteiger partial charge on any atom is -0.495 e. The zero-order valence-electron chi connectivity index (χ0n) is 9.08. The molecule has 0 aliphatic carbocycles. The molecule has 0 saturated carbocycles. The molecule has 0 saturated heterocycles. The lowest BCUT2D eigenvalue weighted by atomic mass is 10.0. The number of hydrogen-bond donors (Lipinski definition) is 1. The summed E-state index contributed by atoms with van der Waals surface area (Å²) in [6.45, 7) is 2.14. The number of benzene rings is 2. The zero-order valence-corrected chi connectivity index (χ0v) is 9.08. The number of hydrogen-bond acceptors (Lipinski definition) is 2. The van der Waals surface area contributed by atoms with Crippen molar-refractivity contribution in [2.75, 3.05) is 12.8 Å². The molecule has 0 aliphatic rings. The standard InChI is InChI=1S/C13H15NO/c1-3-9-8-12(15-2)13(14)11-7-5-4-6-10(9)11/h4-8H,3,14H2,1-2H3. The van der Waals surface area contributed by atoms with Crippen molar-refractivity contribution in [1.82, 2.24) is 0 Å². The second-order valence-electron chi connectivity index (χ2n) is 3.55. The van der Waals surface area contributed by atoms with Crippen molar-refractivity contribution in [3.63, 3.8) is 0 Å². The second kappa shape index (κ2) is 3.81. The fraction of sp³-hybridized carbons (Fsp3) is 0.231. The van der Waals surface area contributed by atoms with Gasteiger partial charge in [-0.25, -0.2) is 0 Å². The quantitative estimate of drug-likeness (QED) is 0.758. The molecule has 0 radical (unpaired) electrons. The van der Waals surface area contributed by atoms with E-state index in [0.29, 0.717) is 0 Å². The van der Waals surface area contributed by atoms with Crippen molar-refractivity contribution < 1.29 is 4.74 Å². The molecule has 0 unspecified atom stereocenters. The van der Waals surface area contributed by atoms with Crippen molar-refractivity contribution >= 4 is 16.5 Å². The first kappa shape index (κ1) is 9.84. The van der Waals surface area contributed by atoms with Crippen LogP contribution in [0.5, 0.6) is 5.75 Å². The van der Waals surface area contributed by atoms with Gasteiger partial charge >= 0.3 is 0 Å². The third-order valence-corrected chi connectivity index (χ3v) is 2.73. The van der Waals surface area contributed by atoms with E-state index in [1.165, 1.54) is 10.9 Å². The zero-order chi connectivity index (χ0) is 10.8. The summed E-state index contributed by atoms with van der Waals surface area (Å²) in [5.41, 5.74) is 8.03. The number of fused-ring (bicyclic) bond motifs is 1. The average molecular weight is 201 g/mol. The summed E-state index contributed by atoms with van der Waals surface area (Å²) in [5.74, 6) is 0.769. The largest absolute Gasteiger partial charge is 0.495 e. The van der Waals surface area contributed by atoms with Crippen LogP contribution in [0.4, 0.5) is 5.69 Å². The van der Waals surface area contributed by atoms with E-state index in [2.05, 4.69) is 13.0 Å². The Hall–Kier alpha value is -1.70. The molecule has 2 rings (SSSR count). The van der Waals surface area contributed by atoms with E-state index >= 15 is 0 Å². The van der Waals surface area contributed by atoms with Gasteiger partial charge in [0.2, 0.25) is 0 Å². The first-order chi connectivity index (χ1) is 7.27. The number of rotatable bonds is 2. The van der Waals surface area contributed by atoms with Crippen LogP contribution in [0.25, 0.3) is 10.8 Å². The Kier molecular flexibility index (Phi) is 2.50. The van der Waals surface area contributed by atoms with E-state index in [1.807, 2.05) is 24.3 Å². The number of aryl methyl sites for hydroxylation is 1. The van der Waals surface area contributed by atoms with Gasteiger partial charge in [0.15, 0.2) is 0 Å². The Morgan fingerprint density at radius 2 is 1.87 bits per heavy atom. The molecule has 2 N–H and O–H groups in total. The van der Waals surface area contributed by atoms with Gasteiger partial charge in [0.05, 0.1) is 12.8 Å². The van der Waals surface area contributed by atoms with E-state index in [-0.39, 0.29) is 0 Å². The van der Waals surface area contributed by atoms with Gasteiger partial charge in [0.25, 0.3) is 0 Å². The molecule has 0 amide bonds. The van der Waals surface area contributed by atoms with Gasteiger partial charge in [-0.1, -0.05) is 31.2 Å². The van der Waals surface area contributed by atoms with E-state index in [4.69, 9.17) is 10.5 Å². The van der Waals surface area contributed by atoms with Gasteiger partial charge in [-0.3, -0.25) is 0 Å². The molecule has 0 aliphatic heterocycles. The predicted octanol–water partition coefficient (Wildman–Crippen LogP) is 2.99. The fourth-order valence-corrected chi connectivity index (χ4v) is 1.91. The minimum absolute atomic E-state index is 0.727. The maximum atomic E-state index is 6.03. The minimum atomic E-state index is 0.727. The highest BCUT2D eigenvalue weighted by Crippen LogP contribution is 2.33. The molecule has 0 atom stereocenters. The number of methoxy groups -OCH3 is 1. The van der Waals surface area contributed by atoms with Crippen LogP contribution in [0.1, 0.15) is 12.5 Å². The monoisotopic (exact) mass is 201 g/mol. The number of nitrogens with two attached hydrogens (primary N) is 1. The van der Waals surface area contributed by atoms with Crippen LogP contribution in [-0.2, 0) is 6.42 Å². The van der Waals surface area contributed by atoms with Gasteiger partial charge in [-0.05, 0) is 23.4 Å². The van der Waals surface area contributed by atoms with E-state index in [9.17, 15) is 0 Å². The Bertz CT molecular complexity index is 491. The molecule has 2 nitrogen and oxygen atoms in total. The molecule has 15 heavy (non-hydrogen) atoms. The lowest BCUT2D eigenvalue weighted by Gasteiger charge is -2.11. The topological polar surface area (TPSA) is 35.2 Å². The molecule has 0 spiro atoms. The van der Waals surface area contributed by atoms with Crippen LogP contribution in [-0.4, -0.2) is 7.11 Å².